The van der Waals surface area contributed by atoms with Crippen LogP contribution >= 0.6 is 0 Å². The van der Waals surface area contributed by atoms with Gasteiger partial charge in [-0.1, -0.05) is 43.7 Å². The molecular weight excluding hydrogens is 198 g/mol. The fourth-order valence-corrected chi connectivity index (χ4v) is 2.39. The smallest absolute Gasteiger partial charge is 0.178 e. The molecule has 2 rings (SSSR count). The Kier molecular flexibility index (Phi) is 3.60. The Morgan fingerprint density at radius 3 is 2.69 bits per heavy atom. The van der Waals surface area contributed by atoms with Crippen LogP contribution in [-0.4, -0.2) is 10.5 Å². The van der Waals surface area contributed by atoms with Crippen molar-refractivity contribution in [2.75, 3.05) is 0 Å². The monoisotopic (exact) mass is 217 g/mol. The maximum Gasteiger partial charge on any atom is 0.178 e. The molecule has 0 bridgehead atoms. The van der Waals surface area contributed by atoms with Crippen molar-refractivity contribution in [3.8, 4) is 0 Å². The van der Waals surface area contributed by atoms with Crippen LogP contribution in [0.4, 0.5) is 0 Å². The lowest BCUT2D eigenvalue weighted by molar-refractivity contribution is -0.479. The zero-order chi connectivity index (χ0) is 11.4. The van der Waals surface area contributed by atoms with Gasteiger partial charge in [-0.3, -0.25) is 0 Å². The van der Waals surface area contributed by atoms with Gasteiger partial charge in [0, 0.05) is 17.9 Å². The highest BCUT2D eigenvalue weighted by Gasteiger charge is 2.22. The van der Waals surface area contributed by atoms with Gasteiger partial charge in [-0.15, -0.1) is 0 Å². The van der Waals surface area contributed by atoms with Gasteiger partial charge in [-0.05, 0) is 12.8 Å². The molecule has 0 saturated heterocycles. The molecule has 0 heterocycles. The molecule has 0 spiro atoms. The summed E-state index contributed by atoms with van der Waals surface area (Å²) in [6.45, 7) is 2.67. The highest BCUT2D eigenvalue weighted by Crippen LogP contribution is 2.21. The van der Waals surface area contributed by atoms with Crippen LogP contribution in [0.25, 0.3) is 0 Å². The van der Waals surface area contributed by atoms with Crippen LogP contribution in [0.3, 0.4) is 0 Å². The zero-order valence-electron chi connectivity index (χ0n) is 9.86. The molecule has 0 aromatic heterocycles. The van der Waals surface area contributed by atoms with Gasteiger partial charge >= 0.3 is 0 Å². The van der Waals surface area contributed by atoms with Gasteiger partial charge in [0.15, 0.2) is 12.3 Å². The quantitative estimate of drug-likeness (QED) is 0.424. The van der Waals surface area contributed by atoms with E-state index in [2.05, 4.69) is 6.92 Å². The number of hydroxylamine groups is 1. The first-order chi connectivity index (χ1) is 7.77. The third-order valence-electron chi connectivity index (χ3n) is 3.38. The molecule has 1 aromatic rings. The van der Waals surface area contributed by atoms with Crippen molar-refractivity contribution < 1.29 is 4.74 Å². The first-order valence-corrected chi connectivity index (χ1v) is 6.11. The molecule has 1 saturated carbocycles. The molecule has 0 amide bonds. The van der Waals surface area contributed by atoms with Gasteiger partial charge in [0.25, 0.3) is 0 Å². The standard InChI is InChI=1S/C14H19NO/c1-12-7-5-6-10-14(12)15(16)11-13-8-3-2-4-9-13/h2-4,8-9,12H,5-7,10-11H2,1H3/b15-14-. The number of rotatable bonds is 2. The Balaban J connectivity index is 2.11. The van der Waals surface area contributed by atoms with E-state index in [9.17, 15) is 5.21 Å². The largest absolute Gasteiger partial charge is 0.624 e. The summed E-state index contributed by atoms with van der Waals surface area (Å²) in [6.07, 6.45) is 4.59. The van der Waals surface area contributed by atoms with E-state index < -0.39 is 0 Å². The van der Waals surface area contributed by atoms with E-state index in [1.165, 1.54) is 24.0 Å². The Morgan fingerprint density at radius 1 is 1.25 bits per heavy atom. The molecule has 16 heavy (non-hydrogen) atoms. The summed E-state index contributed by atoms with van der Waals surface area (Å²) in [5, 5.41) is 12.1. The normalized spacial score (nSPS) is 24.2. The van der Waals surface area contributed by atoms with Crippen molar-refractivity contribution in [2.24, 2.45) is 5.92 Å². The summed E-state index contributed by atoms with van der Waals surface area (Å²) in [5.74, 6) is 0.468. The topological polar surface area (TPSA) is 26.1 Å². The third-order valence-corrected chi connectivity index (χ3v) is 3.38. The van der Waals surface area contributed by atoms with Gasteiger partial charge in [0.2, 0.25) is 0 Å². The van der Waals surface area contributed by atoms with Crippen molar-refractivity contribution >= 4 is 5.71 Å². The second-order valence-electron chi connectivity index (χ2n) is 4.66. The van der Waals surface area contributed by atoms with E-state index in [0.717, 1.165) is 17.7 Å². The van der Waals surface area contributed by atoms with Gasteiger partial charge in [-0.2, -0.15) is 0 Å². The average molecular weight is 217 g/mol. The van der Waals surface area contributed by atoms with Crippen molar-refractivity contribution in [1.29, 1.82) is 0 Å². The lowest BCUT2D eigenvalue weighted by atomic mass is 9.88. The second kappa shape index (κ2) is 5.15. The van der Waals surface area contributed by atoms with E-state index in [4.69, 9.17) is 0 Å². The van der Waals surface area contributed by atoms with Gasteiger partial charge < -0.3 is 5.21 Å². The fourth-order valence-electron chi connectivity index (χ4n) is 2.39. The SMILES string of the molecule is CC1CCCC/C1=[N+](/[O-])Cc1ccccc1. The molecule has 1 unspecified atom stereocenters. The Morgan fingerprint density at radius 2 is 2.00 bits per heavy atom. The van der Waals surface area contributed by atoms with E-state index >= 15 is 0 Å². The minimum Gasteiger partial charge on any atom is -0.624 e. The first kappa shape index (κ1) is 11.2. The highest BCUT2D eigenvalue weighted by molar-refractivity contribution is 5.82. The maximum absolute atomic E-state index is 12.1. The Hall–Kier alpha value is -1.31. The van der Waals surface area contributed by atoms with E-state index in [1.807, 2.05) is 30.3 Å². The summed E-state index contributed by atoms with van der Waals surface area (Å²) < 4.78 is 1.21. The van der Waals surface area contributed by atoms with Crippen molar-refractivity contribution in [2.45, 2.75) is 39.2 Å². The summed E-state index contributed by atoms with van der Waals surface area (Å²) in [6, 6.07) is 9.98. The number of nitrogens with zero attached hydrogens (tertiary/aromatic N) is 1. The molecule has 1 atom stereocenters. The van der Waals surface area contributed by atoms with Gasteiger partial charge in [0.1, 0.15) is 0 Å². The lowest BCUT2D eigenvalue weighted by Crippen LogP contribution is -2.25. The maximum atomic E-state index is 12.1. The molecule has 1 aliphatic carbocycles. The number of hydrogen-bond acceptors (Lipinski definition) is 1. The van der Waals surface area contributed by atoms with Crippen LogP contribution in [-0.2, 0) is 6.54 Å². The Labute approximate surface area is 97.2 Å². The van der Waals surface area contributed by atoms with Crippen molar-refractivity contribution in [3.63, 3.8) is 0 Å². The summed E-state index contributed by atoms with van der Waals surface area (Å²) in [4.78, 5) is 0. The average Bonchev–Trinajstić information content (AvgIpc) is 2.31. The lowest BCUT2D eigenvalue weighted by Gasteiger charge is -2.20. The molecule has 2 nitrogen and oxygen atoms in total. The van der Waals surface area contributed by atoms with E-state index in [0.29, 0.717) is 12.5 Å². The predicted octanol–water partition coefficient (Wildman–Crippen LogP) is 3.35. The number of benzene rings is 1. The first-order valence-electron chi connectivity index (χ1n) is 6.11. The van der Waals surface area contributed by atoms with Crippen LogP contribution in [0, 0.1) is 11.1 Å². The van der Waals surface area contributed by atoms with Gasteiger partial charge in [0.05, 0.1) is 0 Å². The minimum atomic E-state index is 0.468. The second-order valence-corrected chi connectivity index (χ2v) is 4.66. The van der Waals surface area contributed by atoms with Crippen LogP contribution in [0.1, 0.15) is 38.2 Å². The van der Waals surface area contributed by atoms with E-state index in [-0.39, 0.29) is 0 Å². The predicted molar refractivity (Wildman–Crippen MR) is 66.4 cm³/mol. The molecule has 1 aliphatic rings. The van der Waals surface area contributed by atoms with Crippen LogP contribution in [0.5, 0.6) is 0 Å². The summed E-state index contributed by atoms with van der Waals surface area (Å²) in [5.41, 5.74) is 2.19. The summed E-state index contributed by atoms with van der Waals surface area (Å²) in [7, 11) is 0. The molecule has 0 N–H and O–H groups in total. The molecule has 0 aliphatic heterocycles. The fraction of sp³-hybridized carbons (Fsp3) is 0.500. The van der Waals surface area contributed by atoms with E-state index in [1.54, 1.807) is 0 Å². The third kappa shape index (κ3) is 2.63. The van der Waals surface area contributed by atoms with Crippen LogP contribution in [0.2, 0.25) is 0 Å². The summed E-state index contributed by atoms with van der Waals surface area (Å²) >= 11 is 0. The molecule has 0 radical (unpaired) electrons. The molecule has 1 aromatic carbocycles. The zero-order valence-corrected chi connectivity index (χ0v) is 9.86. The highest BCUT2D eigenvalue weighted by atomic mass is 16.5. The van der Waals surface area contributed by atoms with Crippen molar-refractivity contribution in [1.82, 2.24) is 0 Å². The van der Waals surface area contributed by atoms with Crippen LogP contribution in [0.15, 0.2) is 30.3 Å². The Bertz CT molecular complexity index is 370. The van der Waals surface area contributed by atoms with Crippen LogP contribution < -0.4 is 0 Å². The van der Waals surface area contributed by atoms with Crippen molar-refractivity contribution in [3.05, 3.63) is 41.1 Å². The number of hydrogen-bond donors (Lipinski definition) is 0. The minimum absolute atomic E-state index is 0.468. The molecule has 86 valence electrons. The molecule has 1 fully saturated rings. The molecule has 2 heteroatoms. The van der Waals surface area contributed by atoms with Gasteiger partial charge in [-0.25, -0.2) is 4.74 Å². The molecular formula is C14H19NO.